The molecule has 0 aromatic heterocycles. The second kappa shape index (κ2) is 2.94. The van der Waals surface area contributed by atoms with Crippen LogP contribution in [0.25, 0.3) is 0 Å². The van der Waals surface area contributed by atoms with Crippen LogP contribution in [-0.4, -0.2) is 11.2 Å². The van der Waals surface area contributed by atoms with Gasteiger partial charge < -0.3 is 5.73 Å². The van der Waals surface area contributed by atoms with E-state index in [0.717, 1.165) is 6.42 Å². The van der Waals surface area contributed by atoms with E-state index in [2.05, 4.69) is 20.8 Å². The van der Waals surface area contributed by atoms with E-state index in [1.807, 2.05) is 6.92 Å². The van der Waals surface area contributed by atoms with Crippen molar-refractivity contribution >= 4 is 0 Å². The summed E-state index contributed by atoms with van der Waals surface area (Å²) in [7, 11) is 0. The quantitative estimate of drug-likeness (QED) is 0.722. The van der Waals surface area contributed by atoms with Crippen LogP contribution >= 0.6 is 0 Å². The molecule has 0 aromatic carbocycles. The summed E-state index contributed by atoms with van der Waals surface area (Å²) in [5, 5.41) is 0. The first-order valence-corrected chi connectivity index (χ1v) is 5.10. The molecule has 0 aromatic rings. The zero-order valence-electron chi connectivity index (χ0n) is 9.28. The summed E-state index contributed by atoms with van der Waals surface area (Å²) in [5.41, 5.74) is 5.01. The number of nitrogens with two attached hydrogens (primary N) is 1. The van der Waals surface area contributed by atoms with Gasteiger partial charge in [0, 0.05) is 5.54 Å². The topological polar surface area (TPSA) is 26.0 Å². The number of hydrogen-bond donors (Lipinski definition) is 1. The Morgan fingerprint density at radius 1 is 1.23 bits per heavy atom. The highest BCUT2D eigenvalue weighted by Gasteiger charge is 2.47. The summed E-state index contributed by atoms with van der Waals surface area (Å²) in [6, 6.07) is 0. The van der Waals surface area contributed by atoms with E-state index in [0.29, 0.717) is 19.3 Å². The second-order valence-electron chi connectivity index (χ2n) is 6.22. The van der Waals surface area contributed by atoms with Crippen molar-refractivity contribution in [1.82, 2.24) is 0 Å². The lowest BCUT2D eigenvalue weighted by Gasteiger charge is -2.33. The Kier molecular flexibility index (Phi) is 2.48. The first-order chi connectivity index (χ1) is 5.62. The Hall–Kier alpha value is -0.110. The summed E-state index contributed by atoms with van der Waals surface area (Å²) in [6.45, 7) is 8.42. The molecule has 0 aliphatic heterocycles. The Bertz CT molecular complexity index is 178. The van der Waals surface area contributed by atoms with Gasteiger partial charge in [0.05, 0.1) is 0 Å². The minimum absolute atomic E-state index is 0.189. The Balaban J connectivity index is 2.46. The van der Waals surface area contributed by atoms with Gasteiger partial charge in [0.25, 0.3) is 0 Å². The standard InChI is InChI=1S/C11H22FN/c1-9(2,3)7-10(4,13)8-11(12)5-6-11/h5-8,13H2,1-4H3. The zero-order chi connectivity index (χ0) is 10.3. The minimum Gasteiger partial charge on any atom is -0.325 e. The molecule has 13 heavy (non-hydrogen) atoms. The van der Waals surface area contributed by atoms with Crippen molar-refractivity contribution in [2.75, 3.05) is 0 Å². The number of hydrogen-bond acceptors (Lipinski definition) is 1. The van der Waals surface area contributed by atoms with E-state index >= 15 is 0 Å². The van der Waals surface area contributed by atoms with Gasteiger partial charge >= 0.3 is 0 Å². The lowest BCUT2D eigenvalue weighted by atomic mass is 9.78. The van der Waals surface area contributed by atoms with Crippen molar-refractivity contribution in [2.45, 2.75) is 64.6 Å². The van der Waals surface area contributed by atoms with Crippen molar-refractivity contribution < 1.29 is 4.39 Å². The predicted molar refractivity (Wildman–Crippen MR) is 54.4 cm³/mol. The zero-order valence-corrected chi connectivity index (χ0v) is 9.28. The lowest BCUT2D eigenvalue weighted by molar-refractivity contribution is 0.184. The van der Waals surface area contributed by atoms with Gasteiger partial charge in [0.2, 0.25) is 0 Å². The average Bonchev–Trinajstić information content (AvgIpc) is 2.36. The summed E-state index contributed by atoms with van der Waals surface area (Å²) >= 11 is 0. The number of halogens is 1. The normalized spacial score (nSPS) is 25.4. The maximum Gasteiger partial charge on any atom is 0.113 e. The molecule has 1 unspecified atom stereocenters. The average molecular weight is 187 g/mol. The van der Waals surface area contributed by atoms with Gasteiger partial charge in [0.1, 0.15) is 5.67 Å². The summed E-state index contributed by atoms with van der Waals surface area (Å²) in [4.78, 5) is 0. The molecule has 0 bridgehead atoms. The summed E-state index contributed by atoms with van der Waals surface area (Å²) in [6.07, 6.45) is 2.83. The highest BCUT2D eigenvalue weighted by Crippen LogP contribution is 2.47. The molecular formula is C11H22FN. The monoisotopic (exact) mass is 187 g/mol. The van der Waals surface area contributed by atoms with Gasteiger partial charge in [0.15, 0.2) is 0 Å². The molecule has 0 spiro atoms. The largest absolute Gasteiger partial charge is 0.325 e. The minimum atomic E-state index is -0.922. The molecule has 0 radical (unpaired) electrons. The fraction of sp³-hybridized carbons (Fsp3) is 1.00. The third kappa shape index (κ3) is 4.08. The van der Waals surface area contributed by atoms with Crippen LogP contribution in [0.15, 0.2) is 0 Å². The first kappa shape index (κ1) is 11.0. The van der Waals surface area contributed by atoms with E-state index in [1.165, 1.54) is 0 Å². The van der Waals surface area contributed by atoms with Gasteiger partial charge in [-0.2, -0.15) is 0 Å². The molecular weight excluding hydrogens is 165 g/mol. The van der Waals surface area contributed by atoms with E-state index in [4.69, 9.17) is 5.73 Å². The molecule has 2 heteroatoms. The molecule has 1 nitrogen and oxygen atoms in total. The van der Waals surface area contributed by atoms with Crippen molar-refractivity contribution in [2.24, 2.45) is 11.1 Å². The fourth-order valence-electron chi connectivity index (χ4n) is 2.31. The molecule has 1 saturated carbocycles. The maximum absolute atomic E-state index is 13.5. The van der Waals surface area contributed by atoms with Gasteiger partial charge in [-0.3, -0.25) is 0 Å². The fourth-order valence-corrected chi connectivity index (χ4v) is 2.31. The van der Waals surface area contributed by atoms with Crippen LogP contribution in [0.3, 0.4) is 0 Å². The highest BCUT2D eigenvalue weighted by atomic mass is 19.1. The lowest BCUT2D eigenvalue weighted by Crippen LogP contribution is -2.42. The van der Waals surface area contributed by atoms with E-state index in [1.54, 1.807) is 0 Å². The summed E-state index contributed by atoms with van der Waals surface area (Å²) < 4.78 is 13.5. The first-order valence-electron chi connectivity index (χ1n) is 5.10. The third-order valence-corrected chi connectivity index (χ3v) is 2.45. The molecule has 1 aliphatic rings. The molecule has 78 valence electrons. The van der Waals surface area contributed by atoms with Crippen molar-refractivity contribution in [3.05, 3.63) is 0 Å². The van der Waals surface area contributed by atoms with Crippen molar-refractivity contribution in [3.8, 4) is 0 Å². The van der Waals surface area contributed by atoms with E-state index < -0.39 is 5.67 Å². The molecule has 0 saturated heterocycles. The molecule has 1 aliphatic carbocycles. The molecule has 2 N–H and O–H groups in total. The van der Waals surface area contributed by atoms with Crippen LogP contribution in [0.1, 0.15) is 53.4 Å². The SMILES string of the molecule is CC(C)(C)CC(C)(N)CC1(F)CC1. The van der Waals surface area contributed by atoms with Crippen LogP contribution in [-0.2, 0) is 0 Å². The van der Waals surface area contributed by atoms with E-state index in [-0.39, 0.29) is 11.0 Å². The molecule has 0 heterocycles. The molecule has 0 amide bonds. The predicted octanol–water partition coefficient (Wildman–Crippen LogP) is 3.03. The Morgan fingerprint density at radius 2 is 1.69 bits per heavy atom. The second-order valence-corrected chi connectivity index (χ2v) is 6.22. The van der Waals surface area contributed by atoms with Crippen LogP contribution in [0.5, 0.6) is 0 Å². The summed E-state index contributed by atoms with van der Waals surface area (Å²) in [5.74, 6) is 0. The van der Waals surface area contributed by atoms with Gasteiger partial charge in [-0.15, -0.1) is 0 Å². The van der Waals surface area contributed by atoms with Crippen molar-refractivity contribution in [3.63, 3.8) is 0 Å². The number of rotatable bonds is 3. The highest BCUT2D eigenvalue weighted by molar-refractivity contribution is 5.01. The van der Waals surface area contributed by atoms with Crippen LogP contribution < -0.4 is 5.73 Å². The van der Waals surface area contributed by atoms with Crippen molar-refractivity contribution in [1.29, 1.82) is 0 Å². The third-order valence-electron chi connectivity index (χ3n) is 2.45. The molecule has 1 rings (SSSR count). The van der Waals surface area contributed by atoms with Crippen LogP contribution in [0, 0.1) is 5.41 Å². The van der Waals surface area contributed by atoms with Crippen LogP contribution in [0.2, 0.25) is 0 Å². The smallest absolute Gasteiger partial charge is 0.113 e. The van der Waals surface area contributed by atoms with E-state index in [9.17, 15) is 4.39 Å². The van der Waals surface area contributed by atoms with Crippen LogP contribution in [0.4, 0.5) is 4.39 Å². The Labute approximate surface area is 80.9 Å². The van der Waals surface area contributed by atoms with Gasteiger partial charge in [-0.25, -0.2) is 4.39 Å². The maximum atomic E-state index is 13.5. The Morgan fingerprint density at radius 3 is 2.00 bits per heavy atom. The molecule has 1 atom stereocenters. The van der Waals surface area contributed by atoms with Gasteiger partial charge in [-0.1, -0.05) is 20.8 Å². The van der Waals surface area contributed by atoms with Gasteiger partial charge in [-0.05, 0) is 38.0 Å². The molecule has 1 fully saturated rings. The number of alkyl halides is 1.